The first-order chi connectivity index (χ1) is 18.4. The molecule has 4 rings (SSSR count). The molecule has 2 amide bonds. The van der Waals surface area contributed by atoms with Crippen molar-refractivity contribution in [3.63, 3.8) is 0 Å². The molecule has 0 bridgehead atoms. The zero-order chi connectivity index (χ0) is 28.2. The van der Waals surface area contributed by atoms with E-state index in [2.05, 4.69) is 5.32 Å². The Balaban J connectivity index is 1.47. The van der Waals surface area contributed by atoms with Gasteiger partial charge in [0.1, 0.15) is 6.04 Å². The number of rotatable bonds is 9. The molecule has 1 aliphatic heterocycles. The van der Waals surface area contributed by atoms with Gasteiger partial charge in [-0.2, -0.15) is 0 Å². The maximum atomic E-state index is 13.6. The Morgan fingerprint density at radius 3 is 2.26 bits per heavy atom. The summed E-state index contributed by atoms with van der Waals surface area (Å²) in [5, 5.41) is 0.464. The quantitative estimate of drug-likeness (QED) is 0.259. The number of hydrogen-bond donors (Lipinski definition) is 5. The highest BCUT2D eigenvalue weighted by Gasteiger charge is 2.44. The summed E-state index contributed by atoms with van der Waals surface area (Å²) in [5.41, 5.74) is 0.643. The van der Waals surface area contributed by atoms with Gasteiger partial charge >= 0.3 is 15.2 Å². The van der Waals surface area contributed by atoms with Gasteiger partial charge in [-0.15, -0.1) is 11.8 Å². The van der Waals surface area contributed by atoms with E-state index in [1.165, 1.54) is 56.0 Å². The van der Waals surface area contributed by atoms with Gasteiger partial charge in [0, 0.05) is 22.8 Å². The van der Waals surface area contributed by atoms with Crippen LogP contribution in [-0.2, 0) is 13.9 Å². The fourth-order valence-electron chi connectivity index (χ4n) is 5.33. The summed E-state index contributed by atoms with van der Waals surface area (Å²) in [4.78, 5) is 67.2. The topological polar surface area (TPSA) is 164 Å². The second-order valence-corrected chi connectivity index (χ2v) is 15.0. The van der Waals surface area contributed by atoms with Crippen molar-refractivity contribution in [2.24, 2.45) is 5.92 Å². The Hall–Kier alpha value is -1.97. The number of hydrogen-bond acceptors (Lipinski definition) is 5. The fourth-order valence-corrected chi connectivity index (χ4v) is 9.10. The summed E-state index contributed by atoms with van der Waals surface area (Å²) in [5.74, 6) is 0.249. The van der Waals surface area contributed by atoms with Crippen LogP contribution < -0.4 is 10.2 Å². The molecule has 0 aromatic heterocycles. The van der Waals surface area contributed by atoms with Gasteiger partial charge in [0.05, 0.1) is 5.69 Å². The second kappa shape index (κ2) is 12.7. The van der Waals surface area contributed by atoms with Crippen LogP contribution in [0.25, 0.3) is 0 Å². The molecule has 13 heteroatoms. The van der Waals surface area contributed by atoms with Crippen LogP contribution in [0.5, 0.6) is 0 Å². The maximum absolute atomic E-state index is 13.6. The molecule has 1 saturated carbocycles. The average Bonchev–Trinajstić information content (AvgIpc) is 3.00. The predicted octanol–water partition coefficient (Wildman–Crippen LogP) is 4.64. The molecule has 2 aromatic carbocycles. The van der Waals surface area contributed by atoms with Crippen molar-refractivity contribution in [3.8, 4) is 0 Å². The van der Waals surface area contributed by atoms with E-state index in [1.54, 1.807) is 4.90 Å². The van der Waals surface area contributed by atoms with Gasteiger partial charge in [0.15, 0.2) is 5.40 Å². The lowest BCUT2D eigenvalue weighted by Crippen LogP contribution is -2.49. The monoisotopic (exact) mass is 596 g/mol. The molecular weight excluding hydrogens is 562 g/mol. The molecule has 0 spiro atoms. The molecule has 2 aliphatic rings. The van der Waals surface area contributed by atoms with Crippen molar-refractivity contribution in [2.45, 2.75) is 61.3 Å². The minimum Gasteiger partial charge on any atom is -0.339 e. The number of carbonyl (C=O) groups excluding carboxylic acids is 2. The van der Waals surface area contributed by atoms with Gasteiger partial charge in [-0.3, -0.25) is 18.7 Å². The standard InChI is InChI=1S/C26H34N2O8P2S/c29-24(19-12-14-20(15-13-19)26(37(31,32)33)38(34,35)36)27-21-17-39-23-11-5-4-10-22(23)28(25(21)30)16-6-9-18-7-2-1-3-8-18/h4-5,10-15,18,21,26H,1-3,6-9,16-17H2,(H,27,29)(H2,31,32,33)(H2,34,35,36). The molecule has 0 saturated heterocycles. The number of carbonyl (C=O) groups is 2. The zero-order valence-electron chi connectivity index (χ0n) is 21.4. The van der Waals surface area contributed by atoms with E-state index in [9.17, 15) is 38.3 Å². The van der Waals surface area contributed by atoms with Crippen LogP contribution in [0.15, 0.2) is 53.4 Å². The molecule has 0 radical (unpaired) electrons. The molecular formula is C26H34N2O8P2S. The van der Waals surface area contributed by atoms with Gasteiger partial charge in [0.2, 0.25) is 5.91 Å². The lowest BCUT2D eigenvalue weighted by molar-refractivity contribution is -0.119. The van der Waals surface area contributed by atoms with E-state index in [0.717, 1.165) is 35.6 Å². The average molecular weight is 597 g/mol. The normalized spacial score (nSPS) is 19.1. The summed E-state index contributed by atoms with van der Waals surface area (Å²) in [7, 11) is -10.3. The van der Waals surface area contributed by atoms with Crippen LogP contribution in [0.3, 0.4) is 0 Å². The van der Waals surface area contributed by atoms with Crippen LogP contribution in [0.2, 0.25) is 0 Å². The summed E-state index contributed by atoms with van der Waals surface area (Å²) < 4.78 is 23.4. The number of amides is 2. The first-order valence-corrected chi connectivity index (χ1v) is 17.3. The van der Waals surface area contributed by atoms with Crippen LogP contribution >= 0.6 is 27.0 Å². The lowest BCUT2D eigenvalue weighted by Gasteiger charge is -2.27. The molecule has 1 fully saturated rings. The molecule has 39 heavy (non-hydrogen) atoms. The zero-order valence-corrected chi connectivity index (χ0v) is 24.0. The Bertz CT molecular complexity index is 1250. The van der Waals surface area contributed by atoms with E-state index >= 15 is 0 Å². The number of para-hydroxylation sites is 1. The van der Waals surface area contributed by atoms with Gasteiger partial charge in [-0.05, 0) is 48.6 Å². The van der Waals surface area contributed by atoms with Gasteiger partial charge < -0.3 is 29.8 Å². The minimum absolute atomic E-state index is 0.0948. The van der Waals surface area contributed by atoms with Crippen molar-refractivity contribution in [1.82, 2.24) is 5.32 Å². The Kier molecular flexibility index (Phi) is 9.76. The molecule has 1 heterocycles. The van der Waals surface area contributed by atoms with Crippen LogP contribution in [-0.4, -0.2) is 49.7 Å². The minimum atomic E-state index is -5.17. The van der Waals surface area contributed by atoms with E-state index in [1.807, 2.05) is 24.3 Å². The predicted molar refractivity (Wildman–Crippen MR) is 150 cm³/mol. The van der Waals surface area contributed by atoms with Crippen molar-refractivity contribution in [3.05, 3.63) is 59.7 Å². The SMILES string of the molecule is O=C(NC1CSc2ccccc2N(CCCC2CCCCC2)C1=O)c1ccc(C(P(=O)(O)O)P(=O)(O)O)cc1. The molecule has 1 unspecified atom stereocenters. The second-order valence-electron chi connectivity index (χ2n) is 10.1. The third-order valence-electron chi connectivity index (χ3n) is 7.26. The Morgan fingerprint density at radius 2 is 1.62 bits per heavy atom. The van der Waals surface area contributed by atoms with Gasteiger partial charge in [-0.25, -0.2) is 0 Å². The van der Waals surface area contributed by atoms with E-state index in [4.69, 9.17) is 0 Å². The van der Waals surface area contributed by atoms with Crippen LogP contribution in [0.4, 0.5) is 5.69 Å². The molecule has 1 aliphatic carbocycles. The number of nitrogens with zero attached hydrogens (tertiary/aromatic N) is 1. The fraction of sp³-hybridized carbons (Fsp3) is 0.462. The van der Waals surface area contributed by atoms with E-state index in [0.29, 0.717) is 18.2 Å². The first-order valence-electron chi connectivity index (χ1n) is 13.0. The summed E-state index contributed by atoms with van der Waals surface area (Å²) in [6.45, 7) is 0.556. The first kappa shape index (κ1) is 30.0. The third kappa shape index (κ3) is 7.61. The van der Waals surface area contributed by atoms with Crippen molar-refractivity contribution in [2.75, 3.05) is 17.2 Å². The van der Waals surface area contributed by atoms with Crippen molar-refractivity contribution in [1.29, 1.82) is 0 Å². The molecule has 212 valence electrons. The number of anilines is 1. The molecule has 2 aromatic rings. The lowest BCUT2D eigenvalue weighted by atomic mass is 9.86. The smallest absolute Gasteiger partial charge is 0.339 e. The number of thioether (sulfide) groups is 1. The van der Waals surface area contributed by atoms with E-state index < -0.39 is 32.5 Å². The van der Waals surface area contributed by atoms with Gasteiger partial charge in [0.25, 0.3) is 5.91 Å². The summed E-state index contributed by atoms with van der Waals surface area (Å²) in [6.07, 6.45) is 8.23. The Labute approximate surface area is 231 Å². The van der Waals surface area contributed by atoms with Crippen molar-refractivity contribution < 1.29 is 38.3 Å². The highest BCUT2D eigenvalue weighted by molar-refractivity contribution is 7.99. The largest absolute Gasteiger partial charge is 0.345 e. The number of nitrogens with one attached hydrogen (secondary N) is 1. The number of benzene rings is 2. The highest BCUT2D eigenvalue weighted by Crippen LogP contribution is 2.69. The number of fused-ring (bicyclic) bond motifs is 1. The summed E-state index contributed by atoms with van der Waals surface area (Å²) in [6, 6.07) is 11.6. The summed E-state index contributed by atoms with van der Waals surface area (Å²) >= 11 is 1.49. The molecule has 5 N–H and O–H groups in total. The van der Waals surface area contributed by atoms with E-state index in [-0.39, 0.29) is 17.0 Å². The Morgan fingerprint density at radius 1 is 0.974 bits per heavy atom. The molecule has 10 nitrogen and oxygen atoms in total. The third-order valence-corrected chi connectivity index (χ3v) is 12.1. The van der Waals surface area contributed by atoms with Gasteiger partial charge in [-0.1, -0.05) is 56.4 Å². The van der Waals surface area contributed by atoms with Crippen LogP contribution in [0.1, 0.15) is 66.3 Å². The van der Waals surface area contributed by atoms with Crippen LogP contribution in [0, 0.1) is 5.92 Å². The van der Waals surface area contributed by atoms with Crippen molar-refractivity contribution >= 4 is 44.5 Å². The maximum Gasteiger partial charge on any atom is 0.345 e. The highest BCUT2D eigenvalue weighted by atomic mass is 32.2. The molecule has 1 atom stereocenters.